The van der Waals surface area contributed by atoms with Gasteiger partial charge in [-0.25, -0.2) is 4.79 Å². The highest BCUT2D eigenvalue weighted by Crippen LogP contribution is 2.16. The normalized spacial score (nSPS) is 19.2. The van der Waals surface area contributed by atoms with Crippen molar-refractivity contribution in [2.45, 2.75) is 45.2 Å². The third kappa shape index (κ3) is 7.55. The fraction of sp³-hybridized carbons (Fsp3) is 0.500. The van der Waals surface area contributed by atoms with Crippen LogP contribution in [0.1, 0.15) is 33.1 Å². The number of carbonyl (C=O) groups excluding carboxylic acids is 1. The van der Waals surface area contributed by atoms with E-state index in [1.54, 1.807) is 11.8 Å². The Hall–Kier alpha value is -1.42. The van der Waals surface area contributed by atoms with Crippen LogP contribution in [-0.4, -0.2) is 35.8 Å². The molecule has 0 saturated carbocycles. The average Bonchev–Trinajstić information content (AvgIpc) is 2.55. The van der Waals surface area contributed by atoms with E-state index in [1.165, 1.54) is 6.42 Å². The Labute approximate surface area is 139 Å². The van der Waals surface area contributed by atoms with E-state index in [0.29, 0.717) is 6.04 Å². The maximum absolute atomic E-state index is 12.0. The molecule has 0 aromatic heterocycles. The van der Waals surface area contributed by atoms with E-state index in [-0.39, 0.29) is 12.1 Å². The van der Waals surface area contributed by atoms with Crippen LogP contribution < -0.4 is 5.32 Å². The van der Waals surface area contributed by atoms with E-state index in [0.717, 1.165) is 19.4 Å². The number of benzene rings is 1. The average molecular weight is 321 g/mol. The Morgan fingerprint density at radius 2 is 1.82 bits per heavy atom. The van der Waals surface area contributed by atoms with Crippen LogP contribution in [-0.2, 0) is 0 Å². The van der Waals surface area contributed by atoms with Gasteiger partial charge in [-0.15, -0.1) is 11.8 Å². The first-order chi connectivity index (χ1) is 10.6. The number of hydrogen-bond acceptors (Lipinski definition) is 2. The van der Waals surface area contributed by atoms with Crippen molar-refractivity contribution in [3.8, 4) is 0 Å². The fourth-order valence-corrected chi connectivity index (χ4v) is 2.70. The SMILES string of the molecule is CS/C=C/C(C)NC(=O)N1CCCCC1C.c1ccccc1. The number of urea groups is 1. The first-order valence-electron chi connectivity index (χ1n) is 7.91. The van der Waals surface area contributed by atoms with Crippen molar-refractivity contribution < 1.29 is 4.79 Å². The van der Waals surface area contributed by atoms with E-state index in [4.69, 9.17) is 0 Å². The van der Waals surface area contributed by atoms with Gasteiger partial charge in [-0.1, -0.05) is 42.5 Å². The summed E-state index contributed by atoms with van der Waals surface area (Å²) >= 11 is 1.65. The number of amides is 2. The van der Waals surface area contributed by atoms with E-state index in [2.05, 4.69) is 12.2 Å². The Balaban J connectivity index is 0.000000335. The van der Waals surface area contributed by atoms with Crippen molar-refractivity contribution in [1.82, 2.24) is 10.2 Å². The number of likely N-dealkylation sites (tertiary alicyclic amines) is 1. The lowest BCUT2D eigenvalue weighted by molar-refractivity contribution is 0.157. The van der Waals surface area contributed by atoms with E-state index < -0.39 is 0 Å². The largest absolute Gasteiger partial charge is 0.332 e. The first kappa shape index (κ1) is 18.6. The molecular weight excluding hydrogens is 292 g/mol. The van der Waals surface area contributed by atoms with Gasteiger partial charge >= 0.3 is 6.03 Å². The van der Waals surface area contributed by atoms with Crippen molar-refractivity contribution in [1.29, 1.82) is 0 Å². The highest BCUT2D eigenvalue weighted by atomic mass is 32.2. The van der Waals surface area contributed by atoms with E-state index in [1.807, 2.05) is 66.0 Å². The zero-order chi connectivity index (χ0) is 16.2. The molecule has 1 heterocycles. The molecule has 0 bridgehead atoms. The number of piperidine rings is 1. The number of carbonyl (C=O) groups is 1. The monoisotopic (exact) mass is 320 g/mol. The zero-order valence-corrected chi connectivity index (χ0v) is 14.7. The van der Waals surface area contributed by atoms with Crippen LogP contribution in [0.25, 0.3) is 0 Å². The molecule has 0 aliphatic carbocycles. The molecule has 122 valence electrons. The minimum absolute atomic E-state index is 0.0745. The molecule has 0 spiro atoms. The predicted octanol–water partition coefficient (Wildman–Crippen LogP) is 4.52. The summed E-state index contributed by atoms with van der Waals surface area (Å²) in [6, 6.07) is 12.6. The van der Waals surface area contributed by atoms with Gasteiger partial charge in [0.1, 0.15) is 0 Å². The second kappa shape index (κ2) is 11.2. The Bertz CT molecular complexity index is 409. The molecule has 2 amide bonds. The molecule has 1 saturated heterocycles. The van der Waals surface area contributed by atoms with Crippen LogP contribution >= 0.6 is 11.8 Å². The Morgan fingerprint density at radius 3 is 2.32 bits per heavy atom. The molecule has 1 N–H and O–H groups in total. The van der Waals surface area contributed by atoms with Crippen LogP contribution in [0.3, 0.4) is 0 Å². The number of nitrogens with one attached hydrogen (secondary N) is 1. The van der Waals surface area contributed by atoms with Crippen LogP contribution in [0.5, 0.6) is 0 Å². The molecule has 2 atom stereocenters. The van der Waals surface area contributed by atoms with Crippen LogP contribution in [0, 0.1) is 0 Å². The quantitative estimate of drug-likeness (QED) is 0.888. The van der Waals surface area contributed by atoms with Crippen LogP contribution in [0.2, 0.25) is 0 Å². The minimum atomic E-state index is 0.0745. The van der Waals surface area contributed by atoms with Gasteiger partial charge in [0.15, 0.2) is 0 Å². The second-order valence-electron chi connectivity index (χ2n) is 5.50. The lowest BCUT2D eigenvalue weighted by Crippen LogP contribution is -2.49. The van der Waals surface area contributed by atoms with Crippen LogP contribution in [0.15, 0.2) is 47.9 Å². The Morgan fingerprint density at radius 1 is 1.23 bits per heavy atom. The summed E-state index contributed by atoms with van der Waals surface area (Å²) in [5, 5.41) is 5.01. The lowest BCUT2D eigenvalue weighted by Gasteiger charge is -2.34. The zero-order valence-electron chi connectivity index (χ0n) is 13.9. The molecule has 1 fully saturated rings. The van der Waals surface area contributed by atoms with Crippen molar-refractivity contribution in [3.05, 3.63) is 47.9 Å². The van der Waals surface area contributed by atoms with Gasteiger partial charge in [0.05, 0.1) is 0 Å². The standard InChI is InChI=1S/C12H22N2OS.C6H6/c1-10(7-9-16-3)13-12(15)14-8-5-4-6-11(14)2;1-2-4-6-5-3-1/h7,9-11H,4-6,8H2,1-3H3,(H,13,15);1-6H/b9-7+;. The molecule has 3 nitrogen and oxygen atoms in total. The molecular formula is C18H28N2OS. The number of thioether (sulfide) groups is 1. The van der Waals surface area contributed by atoms with Gasteiger partial charge < -0.3 is 10.2 Å². The third-order valence-electron chi connectivity index (χ3n) is 3.58. The van der Waals surface area contributed by atoms with Gasteiger partial charge in [-0.2, -0.15) is 0 Å². The Kier molecular flexibility index (Phi) is 9.47. The molecule has 1 aromatic carbocycles. The molecule has 1 aromatic rings. The molecule has 1 aliphatic heterocycles. The molecule has 2 rings (SSSR count). The summed E-state index contributed by atoms with van der Waals surface area (Å²) in [6.07, 6.45) is 7.52. The summed E-state index contributed by atoms with van der Waals surface area (Å²) in [4.78, 5) is 13.9. The first-order valence-corrected chi connectivity index (χ1v) is 9.20. The third-order valence-corrected chi connectivity index (χ3v) is 4.01. The van der Waals surface area contributed by atoms with Gasteiger partial charge in [0, 0.05) is 18.6 Å². The van der Waals surface area contributed by atoms with Crippen molar-refractivity contribution in [3.63, 3.8) is 0 Å². The molecule has 4 heteroatoms. The highest BCUT2D eigenvalue weighted by Gasteiger charge is 2.23. The van der Waals surface area contributed by atoms with Gasteiger partial charge in [0.25, 0.3) is 0 Å². The van der Waals surface area contributed by atoms with Gasteiger partial charge in [-0.3, -0.25) is 0 Å². The van der Waals surface area contributed by atoms with Crippen LogP contribution in [0.4, 0.5) is 4.79 Å². The van der Waals surface area contributed by atoms with E-state index in [9.17, 15) is 4.79 Å². The van der Waals surface area contributed by atoms with Crippen molar-refractivity contribution in [2.75, 3.05) is 12.8 Å². The minimum Gasteiger partial charge on any atom is -0.332 e. The lowest BCUT2D eigenvalue weighted by atomic mass is 10.0. The predicted molar refractivity (Wildman–Crippen MR) is 97.1 cm³/mol. The maximum atomic E-state index is 12.0. The van der Waals surface area contributed by atoms with E-state index >= 15 is 0 Å². The second-order valence-corrected chi connectivity index (χ2v) is 6.24. The summed E-state index contributed by atoms with van der Waals surface area (Å²) < 4.78 is 0. The number of nitrogens with zero attached hydrogens (tertiary/aromatic N) is 1. The summed E-state index contributed by atoms with van der Waals surface area (Å²) in [7, 11) is 0. The van der Waals surface area contributed by atoms with Crippen molar-refractivity contribution >= 4 is 17.8 Å². The van der Waals surface area contributed by atoms with Gasteiger partial charge in [-0.05, 0) is 44.8 Å². The van der Waals surface area contributed by atoms with Gasteiger partial charge in [0.2, 0.25) is 0 Å². The number of hydrogen-bond donors (Lipinski definition) is 1. The summed E-state index contributed by atoms with van der Waals surface area (Å²) in [5.74, 6) is 0. The number of rotatable bonds is 3. The topological polar surface area (TPSA) is 32.3 Å². The summed E-state index contributed by atoms with van der Waals surface area (Å²) in [5.41, 5.74) is 0. The molecule has 1 aliphatic rings. The molecule has 0 radical (unpaired) electrons. The summed E-state index contributed by atoms with van der Waals surface area (Å²) in [6.45, 7) is 5.02. The fourth-order valence-electron chi connectivity index (χ4n) is 2.31. The molecule has 2 unspecified atom stereocenters. The van der Waals surface area contributed by atoms with Crippen molar-refractivity contribution in [2.24, 2.45) is 0 Å². The smallest absolute Gasteiger partial charge is 0.318 e. The molecule has 22 heavy (non-hydrogen) atoms. The maximum Gasteiger partial charge on any atom is 0.318 e. The highest BCUT2D eigenvalue weighted by molar-refractivity contribution is 8.01.